The number of benzene rings is 1. The molecule has 3 rings (SSSR count). The summed E-state index contributed by atoms with van der Waals surface area (Å²) in [6.45, 7) is 0. The number of thiocarbonyl (C=S) groups is 1. The maximum absolute atomic E-state index is 12.3. The van der Waals surface area contributed by atoms with Crippen LogP contribution in [0, 0.1) is 0 Å². The van der Waals surface area contributed by atoms with Crippen molar-refractivity contribution < 1.29 is 4.79 Å². The average molecular weight is 287 g/mol. The van der Waals surface area contributed by atoms with Gasteiger partial charge in [-0.3, -0.25) is 4.79 Å². The highest BCUT2D eigenvalue weighted by Gasteiger charge is 2.26. The smallest absolute Gasteiger partial charge is 0.249 e. The van der Waals surface area contributed by atoms with Crippen molar-refractivity contribution in [2.24, 2.45) is 5.73 Å². The molecule has 7 heteroatoms. The van der Waals surface area contributed by atoms with Crippen molar-refractivity contribution in [3.63, 3.8) is 0 Å². The van der Waals surface area contributed by atoms with Gasteiger partial charge in [0.1, 0.15) is 17.4 Å². The zero-order valence-corrected chi connectivity index (χ0v) is 11.4. The number of rotatable bonds is 2. The molecule has 1 amide bonds. The largest absolute Gasteiger partial charge is 0.387 e. The fourth-order valence-electron chi connectivity index (χ4n) is 2.29. The zero-order chi connectivity index (χ0) is 14.1. The first-order valence-corrected chi connectivity index (χ1v) is 6.65. The lowest BCUT2D eigenvalue weighted by atomic mass is 10.1. The van der Waals surface area contributed by atoms with E-state index in [0.717, 1.165) is 17.7 Å². The lowest BCUT2D eigenvalue weighted by molar-refractivity contribution is -0.119. The number of nitrogens with zero attached hydrogens (tertiary/aromatic N) is 3. The second-order valence-corrected chi connectivity index (χ2v) is 5.05. The van der Waals surface area contributed by atoms with E-state index in [9.17, 15) is 4.79 Å². The quantitative estimate of drug-likeness (QED) is 0.806. The Hall–Kier alpha value is -2.28. The topological polar surface area (TPSA) is 85.8 Å². The van der Waals surface area contributed by atoms with E-state index >= 15 is 0 Å². The van der Waals surface area contributed by atoms with Crippen LogP contribution in [-0.4, -0.2) is 25.7 Å². The van der Waals surface area contributed by atoms with E-state index in [4.69, 9.17) is 18.0 Å². The zero-order valence-electron chi connectivity index (χ0n) is 10.6. The van der Waals surface area contributed by atoms with Gasteiger partial charge < -0.3 is 11.1 Å². The minimum atomic E-state index is -0.405. The van der Waals surface area contributed by atoms with E-state index in [0.29, 0.717) is 6.42 Å². The Bertz CT molecular complexity index is 681. The molecule has 2 heterocycles. The number of para-hydroxylation sites is 1. The Kier molecular flexibility index (Phi) is 3.19. The maximum atomic E-state index is 12.3. The van der Waals surface area contributed by atoms with Crippen LogP contribution in [0.4, 0.5) is 5.69 Å². The second-order valence-electron chi connectivity index (χ2n) is 4.61. The van der Waals surface area contributed by atoms with Crippen LogP contribution in [0.15, 0.2) is 30.6 Å². The van der Waals surface area contributed by atoms with Gasteiger partial charge in [-0.1, -0.05) is 30.4 Å². The van der Waals surface area contributed by atoms with E-state index in [1.807, 2.05) is 24.3 Å². The molecule has 0 fully saturated rings. The van der Waals surface area contributed by atoms with Crippen molar-refractivity contribution in [1.82, 2.24) is 14.8 Å². The Morgan fingerprint density at radius 3 is 3.00 bits per heavy atom. The first kappa shape index (κ1) is 12.7. The van der Waals surface area contributed by atoms with Crippen molar-refractivity contribution in [1.29, 1.82) is 0 Å². The van der Waals surface area contributed by atoms with E-state index in [-0.39, 0.29) is 16.7 Å². The monoisotopic (exact) mass is 287 g/mol. The second kappa shape index (κ2) is 5.01. The number of aromatic nitrogens is 3. The fraction of sp³-hybridized carbons (Fsp3) is 0.231. The lowest BCUT2D eigenvalue weighted by Gasteiger charge is -2.12. The number of fused-ring (bicyclic) bond motifs is 1. The summed E-state index contributed by atoms with van der Waals surface area (Å²) >= 11 is 4.83. The normalized spacial score (nSPS) is 18.0. The molecule has 2 aromatic rings. The third kappa shape index (κ3) is 2.27. The van der Waals surface area contributed by atoms with Gasteiger partial charge in [0.15, 0.2) is 0 Å². The molecule has 6 nitrogen and oxygen atoms in total. The first-order chi connectivity index (χ1) is 9.65. The van der Waals surface area contributed by atoms with Crippen LogP contribution in [0.1, 0.15) is 23.9 Å². The molecule has 1 aromatic carbocycles. The summed E-state index contributed by atoms with van der Waals surface area (Å²) in [5, 5.41) is 7.08. The highest BCUT2D eigenvalue weighted by molar-refractivity contribution is 7.80. The van der Waals surface area contributed by atoms with Crippen LogP contribution in [0.5, 0.6) is 0 Å². The summed E-state index contributed by atoms with van der Waals surface area (Å²) in [6.07, 6.45) is 2.94. The van der Waals surface area contributed by atoms with Gasteiger partial charge in [-0.25, -0.2) is 9.67 Å². The van der Waals surface area contributed by atoms with Crippen molar-refractivity contribution in [3.05, 3.63) is 42.0 Å². The standard InChI is InChI=1S/C13H13N5OS/c14-11(20)12-15-7-18(17-12)10-6-5-8-3-1-2-4-9(8)16-13(10)19/h1-4,7,10H,5-6H2,(H2,14,20)(H,16,19). The van der Waals surface area contributed by atoms with Crippen LogP contribution in [0.25, 0.3) is 0 Å². The van der Waals surface area contributed by atoms with Gasteiger partial charge in [0.25, 0.3) is 0 Å². The summed E-state index contributed by atoms with van der Waals surface area (Å²) in [4.78, 5) is 16.4. The van der Waals surface area contributed by atoms with E-state index < -0.39 is 6.04 Å². The van der Waals surface area contributed by atoms with Crippen LogP contribution in [0.2, 0.25) is 0 Å². The molecule has 1 aliphatic rings. The number of nitrogens with two attached hydrogens (primary N) is 1. The minimum Gasteiger partial charge on any atom is -0.387 e. The number of amides is 1. The summed E-state index contributed by atoms with van der Waals surface area (Å²) in [7, 11) is 0. The maximum Gasteiger partial charge on any atom is 0.249 e. The first-order valence-electron chi connectivity index (χ1n) is 6.25. The molecule has 1 atom stereocenters. The van der Waals surface area contributed by atoms with E-state index in [1.165, 1.54) is 11.0 Å². The number of carbonyl (C=O) groups excluding carboxylic acids is 1. The van der Waals surface area contributed by atoms with Crippen molar-refractivity contribution in [2.75, 3.05) is 5.32 Å². The highest BCUT2D eigenvalue weighted by Crippen LogP contribution is 2.26. The van der Waals surface area contributed by atoms with Crippen LogP contribution < -0.4 is 11.1 Å². The molecule has 1 aliphatic heterocycles. The summed E-state index contributed by atoms with van der Waals surface area (Å²) < 4.78 is 1.52. The summed E-state index contributed by atoms with van der Waals surface area (Å²) in [6, 6.07) is 7.38. The Balaban J connectivity index is 1.89. The van der Waals surface area contributed by atoms with E-state index in [1.54, 1.807) is 0 Å². The number of carbonyl (C=O) groups is 1. The van der Waals surface area contributed by atoms with Gasteiger partial charge in [-0.05, 0) is 24.5 Å². The summed E-state index contributed by atoms with van der Waals surface area (Å²) in [5.41, 5.74) is 7.46. The molecular weight excluding hydrogens is 274 g/mol. The molecule has 1 unspecified atom stereocenters. The fourth-order valence-corrected chi connectivity index (χ4v) is 2.38. The predicted molar refractivity (Wildman–Crippen MR) is 78.3 cm³/mol. The Morgan fingerprint density at radius 1 is 1.45 bits per heavy atom. The van der Waals surface area contributed by atoms with Gasteiger partial charge in [0, 0.05) is 5.69 Å². The van der Waals surface area contributed by atoms with Crippen molar-refractivity contribution in [2.45, 2.75) is 18.9 Å². The number of anilines is 1. The van der Waals surface area contributed by atoms with Crippen LogP contribution in [0.3, 0.4) is 0 Å². The lowest BCUT2D eigenvalue weighted by Crippen LogP contribution is -2.25. The van der Waals surface area contributed by atoms with Gasteiger partial charge in [0.2, 0.25) is 11.7 Å². The molecule has 0 radical (unpaired) electrons. The molecule has 0 aliphatic carbocycles. The van der Waals surface area contributed by atoms with Gasteiger partial charge in [-0.2, -0.15) is 0 Å². The summed E-state index contributed by atoms with van der Waals surface area (Å²) in [5.74, 6) is 0.184. The third-order valence-electron chi connectivity index (χ3n) is 3.31. The molecule has 20 heavy (non-hydrogen) atoms. The van der Waals surface area contributed by atoms with Crippen molar-refractivity contribution >= 4 is 28.8 Å². The molecule has 3 N–H and O–H groups in total. The van der Waals surface area contributed by atoms with Crippen molar-refractivity contribution in [3.8, 4) is 0 Å². The molecule has 0 saturated carbocycles. The van der Waals surface area contributed by atoms with Crippen LogP contribution in [-0.2, 0) is 11.2 Å². The Morgan fingerprint density at radius 2 is 2.25 bits per heavy atom. The van der Waals surface area contributed by atoms with E-state index in [2.05, 4.69) is 15.4 Å². The molecule has 0 saturated heterocycles. The van der Waals surface area contributed by atoms with Crippen LogP contribution >= 0.6 is 12.2 Å². The number of nitrogens with one attached hydrogen (secondary N) is 1. The molecule has 102 valence electrons. The van der Waals surface area contributed by atoms with Gasteiger partial charge >= 0.3 is 0 Å². The molecule has 0 spiro atoms. The molecule has 0 bridgehead atoms. The molecular formula is C13H13N5OS. The SMILES string of the molecule is NC(=S)c1ncn(C2CCc3ccccc3NC2=O)n1. The average Bonchev–Trinajstić information content (AvgIpc) is 2.84. The van der Waals surface area contributed by atoms with Gasteiger partial charge in [-0.15, -0.1) is 5.10 Å². The van der Waals surface area contributed by atoms with Gasteiger partial charge in [0.05, 0.1) is 0 Å². The minimum absolute atomic E-state index is 0.102. The number of hydrogen-bond donors (Lipinski definition) is 2. The Labute approximate surface area is 121 Å². The third-order valence-corrected chi connectivity index (χ3v) is 3.50. The highest BCUT2D eigenvalue weighted by atomic mass is 32.1. The number of aryl methyl sites for hydroxylation is 1. The number of hydrogen-bond acceptors (Lipinski definition) is 4. The predicted octanol–water partition coefficient (Wildman–Crippen LogP) is 1.04. The molecule has 1 aromatic heterocycles.